The first-order valence-corrected chi connectivity index (χ1v) is 5.70. The highest BCUT2D eigenvalue weighted by atomic mass is 16.5. The molecule has 2 nitrogen and oxygen atoms in total. The van der Waals surface area contributed by atoms with Crippen molar-refractivity contribution in [3.8, 4) is 5.75 Å². The average molecular weight is 218 g/mol. The summed E-state index contributed by atoms with van der Waals surface area (Å²) in [5.41, 5.74) is 0.240. The fraction of sp³-hybridized carbons (Fsp3) is 0.429. The Labute approximate surface area is 96.6 Å². The highest BCUT2D eigenvalue weighted by molar-refractivity contribution is 5.32. The third-order valence-electron chi connectivity index (χ3n) is 3.56. The van der Waals surface area contributed by atoms with E-state index < -0.39 is 5.60 Å². The number of methoxy groups -OCH3 is 1. The smallest absolute Gasteiger partial charge is 0.118 e. The van der Waals surface area contributed by atoms with Crippen LogP contribution in [0.1, 0.15) is 24.8 Å². The molecular weight excluding hydrogens is 200 g/mol. The van der Waals surface area contributed by atoms with Crippen LogP contribution in [0.4, 0.5) is 0 Å². The molecule has 1 aromatic rings. The van der Waals surface area contributed by atoms with E-state index in [-0.39, 0.29) is 5.92 Å². The van der Waals surface area contributed by atoms with E-state index in [0.29, 0.717) is 0 Å². The molecule has 0 heterocycles. The molecular formula is C14H18O2. The normalized spacial score (nSPS) is 29.0. The Morgan fingerprint density at radius 2 is 2.12 bits per heavy atom. The van der Waals surface area contributed by atoms with Gasteiger partial charge in [0, 0.05) is 5.92 Å². The molecule has 1 N–H and O–H groups in total. The Balaban J connectivity index is 2.31. The van der Waals surface area contributed by atoms with E-state index in [4.69, 9.17) is 4.74 Å². The van der Waals surface area contributed by atoms with Crippen LogP contribution in [0.25, 0.3) is 0 Å². The van der Waals surface area contributed by atoms with Gasteiger partial charge in [-0.25, -0.2) is 0 Å². The summed E-state index contributed by atoms with van der Waals surface area (Å²) in [5, 5.41) is 10.7. The Bertz CT molecular complexity index is 369. The van der Waals surface area contributed by atoms with Gasteiger partial charge in [-0.1, -0.05) is 18.2 Å². The zero-order valence-electron chi connectivity index (χ0n) is 9.65. The Morgan fingerprint density at radius 1 is 1.44 bits per heavy atom. The second kappa shape index (κ2) is 4.30. The molecule has 0 aliphatic heterocycles. The molecule has 0 radical (unpaired) electrons. The zero-order chi connectivity index (χ0) is 11.6. The van der Waals surface area contributed by atoms with Gasteiger partial charge < -0.3 is 9.84 Å². The van der Waals surface area contributed by atoms with E-state index in [1.807, 2.05) is 30.3 Å². The monoisotopic (exact) mass is 218 g/mol. The van der Waals surface area contributed by atoms with E-state index in [9.17, 15) is 5.11 Å². The van der Waals surface area contributed by atoms with Crippen molar-refractivity contribution in [1.29, 1.82) is 0 Å². The van der Waals surface area contributed by atoms with E-state index in [2.05, 4.69) is 6.58 Å². The summed E-state index contributed by atoms with van der Waals surface area (Å²) in [7, 11) is 1.64. The number of aliphatic hydroxyl groups is 1. The molecule has 86 valence electrons. The third kappa shape index (κ3) is 1.74. The predicted octanol–water partition coefficient (Wildman–Crippen LogP) is 2.87. The summed E-state index contributed by atoms with van der Waals surface area (Å²) in [6.45, 7) is 3.81. The van der Waals surface area contributed by atoms with Crippen molar-refractivity contribution >= 4 is 0 Å². The molecule has 1 aliphatic rings. The third-order valence-corrected chi connectivity index (χ3v) is 3.56. The summed E-state index contributed by atoms with van der Waals surface area (Å²) < 4.78 is 5.12. The molecule has 16 heavy (non-hydrogen) atoms. The molecule has 1 aromatic carbocycles. The van der Waals surface area contributed by atoms with E-state index >= 15 is 0 Å². The predicted molar refractivity (Wildman–Crippen MR) is 64.4 cm³/mol. The minimum absolute atomic E-state index is 0.167. The van der Waals surface area contributed by atoms with Gasteiger partial charge in [-0.2, -0.15) is 0 Å². The van der Waals surface area contributed by atoms with Crippen LogP contribution in [0.2, 0.25) is 0 Å². The highest BCUT2D eigenvalue weighted by Crippen LogP contribution is 2.44. The van der Waals surface area contributed by atoms with Crippen molar-refractivity contribution in [3.05, 3.63) is 42.5 Å². The molecule has 2 atom stereocenters. The van der Waals surface area contributed by atoms with Gasteiger partial charge in [-0.3, -0.25) is 0 Å². The first-order chi connectivity index (χ1) is 7.70. The molecule has 0 saturated heterocycles. The SMILES string of the molecule is C=C[C@H]1CCC[C@]1(O)c1ccc(OC)cc1. The maximum atomic E-state index is 10.7. The Morgan fingerprint density at radius 3 is 2.69 bits per heavy atom. The fourth-order valence-corrected chi connectivity index (χ4v) is 2.57. The summed E-state index contributed by atoms with van der Waals surface area (Å²) in [6, 6.07) is 7.68. The lowest BCUT2D eigenvalue weighted by Crippen LogP contribution is -2.28. The molecule has 0 bridgehead atoms. The summed E-state index contributed by atoms with van der Waals surface area (Å²) in [6.07, 6.45) is 4.76. The van der Waals surface area contributed by atoms with Crippen molar-refractivity contribution in [2.45, 2.75) is 24.9 Å². The maximum absolute atomic E-state index is 10.7. The van der Waals surface area contributed by atoms with Gasteiger partial charge in [0.2, 0.25) is 0 Å². The highest BCUT2D eigenvalue weighted by Gasteiger charge is 2.40. The number of rotatable bonds is 3. The van der Waals surface area contributed by atoms with Crippen LogP contribution in [0.3, 0.4) is 0 Å². The second-order valence-corrected chi connectivity index (χ2v) is 4.39. The van der Waals surface area contributed by atoms with Gasteiger partial charge in [0.1, 0.15) is 5.75 Å². The number of ether oxygens (including phenoxy) is 1. The van der Waals surface area contributed by atoms with Crippen LogP contribution >= 0.6 is 0 Å². The van der Waals surface area contributed by atoms with Gasteiger partial charge >= 0.3 is 0 Å². The van der Waals surface area contributed by atoms with Crippen molar-refractivity contribution in [2.75, 3.05) is 7.11 Å². The first kappa shape index (κ1) is 11.2. The fourth-order valence-electron chi connectivity index (χ4n) is 2.57. The Kier molecular flexibility index (Phi) is 3.01. The van der Waals surface area contributed by atoms with Crippen molar-refractivity contribution < 1.29 is 9.84 Å². The molecule has 0 spiro atoms. The molecule has 0 amide bonds. The largest absolute Gasteiger partial charge is 0.497 e. The summed E-state index contributed by atoms with van der Waals surface area (Å²) in [5.74, 6) is 0.987. The van der Waals surface area contributed by atoms with Crippen LogP contribution in [0.15, 0.2) is 36.9 Å². The van der Waals surface area contributed by atoms with Crippen molar-refractivity contribution in [2.24, 2.45) is 5.92 Å². The molecule has 2 rings (SSSR count). The number of benzene rings is 1. The molecule has 0 unspecified atom stereocenters. The minimum Gasteiger partial charge on any atom is -0.497 e. The van der Waals surface area contributed by atoms with Crippen molar-refractivity contribution in [1.82, 2.24) is 0 Å². The standard InChI is InChI=1S/C14H18O2/c1-3-11-5-4-10-14(11,15)12-6-8-13(16-2)9-7-12/h3,6-9,11,15H,1,4-5,10H2,2H3/t11-,14+/m0/s1. The minimum atomic E-state index is -0.728. The summed E-state index contributed by atoms with van der Waals surface area (Å²) in [4.78, 5) is 0. The van der Waals surface area contributed by atoms with Gasteiger partial charge in [0.25, 0.3) is 0 Å². The summed E-state index contributed by atoms with van der Waals surface area (Å²) >= 11 is 0. The first-order valence-electron chi connectivity index (χ1n) is 5.70. The van der Waals surface area contributed by atoms with Crippen LogP contribution < -0.4 is 4.74 Å². The van der Waals surface area contributed by atoms with Gasteiger partial charge in [-0.15, -0.1) is 6.58 Å². The molecule has 0 aromatic heterocycles. The quantitative estimate of drug-likeness (QED) is 0.790. The van der Waals surface area contributed by atoms with E-state index in [1.54, 1.807) is 7.11 Å². The van der Waals surface area contributed by atoms with Gasteiger partial charge in [0.05, 0.1) is 12.7 Å². The zero-order valence-corrected chi connectivity index (χ0v) is 9.65. The lowest BCUT2D eigenvalue weighted by atomic mass is 9.84. The lowest BCUT2D eigenvalue weighted by molar-refractivity contribution is 0.0150. The van der Waals surface area contributed by atoms with E-state index in [0.717, 1.165) is 30.6 Å². The van der Waals surface area contributed by atoms with Crippen LogP contribution in [-0.2, 0) is 5.60 Å². The van der Waals surface area contributed by atoms with Crippen LogP contribution in [0, 0.1) is 5.92 Å². The number of hydrogen-bond acceptors (Lipinski definition) is 2. The van der Waals surface area contributed by atoms with Gasteiger partial charge in [0.15, 0.2) is 0 Å². The number of hydrogen-bond donors (Lipinski definition) is 1. The van der Waals surface area contributed by atoms with Crippen molar-refractivity contribution in [3.63, 3.8) is 0 Å². The maximum Gasteiger partial charge on any atom is 0.118 e. The van der Waals surface area contributed by atoms with Gasteiger partial charge in [-0.05, 0) is 37.0 Å². The van der Waals surface area contributed by atoms with Crippen LogP contribution in [0.5, 0.6) is 5.75 Å². The molecule has 1 aliphatic carbocycles. The molecule has 2 heteroatoms. The topological polar surface area (TPSA) is 29.5 Å². The molecule has 1 fully saturated rings. The lowest BCUT2D eigenvalue weighted by Gasteiger charge is -2.28. The molecule has 1 saturated carbocycles. The van der Waals surface area contributed by atoms with Crippen LogP contribution in [-0.4, -0.2) is 12.2 Å². The second-order valence-electron chi connectivity index (χ2n) is 4.39. The van der Waals surface area contributed by atoms with E-state index in [1.165, 1.54) is 0 Å². The Hall–Kier alpha value is -1.28. The average Bonchev–Trinajstić information content (AvgIpc) is 2.72.